The number of nitrogens with zero attached hydrogens (tertiary/aromatic N) is 2. The van der Waals surface area contributed by atoms with E-state index in [4.69, 9.17) is 9.47 Å². The zero-order valence-corrected chi connectivity index (χ0v) is 15.7. The van der Waals surface area contributed by atoms with Crippen LogP contribution in [-0.2, 0) is 0 Å². The zero-order chi connectivity index (χ0) is 16.3. The number of methoxy groups -OCH3 is 2. The molecule has 0 aliphatic carbocycles. The quantitative estimate of drug-likeness (QED) is 0.705. The highest BCUT2D eigenvalue weighted by atomic mass is 127. The van der Waals surface area contributed by atoms with Gasteiger partial charge in [0, 0.05) is 22.7 Å². The van der Waals surface area contributed by atoms with Crippen LogP contribution >= 0.6 is 22.6 Å². The van der Waals surface area contributed by atoms with Crippen LogP contribution in [0, 0.1) is 3.57 Å². The van der Waals surface area contributed by atoms with Crippen molar-refractivity contribution in [3.8, 4) is 11.5 Å². The van der Waals surface area contributed by atoms with Crippen LogP contribution in [0.25, 0.3) is 0 Å². The topological polar surface area (TPSA) is 42.0 Å². The molecule has 5 nitrogen and oxygen atoms in total. The molecule has 0 N–H and O–H groups in total. The van der Waals surface area contributed by atoms with Gasteiger partial charge >= 0.3 is 0 Å². The number of hydrogen-bond acceptors (Lipinski definition) is 4. The molecule has 0 atom stereocenters. The van der Waals surface area contributed by atoms with E-state index < -0.39 is 0 Å². The summed E-state index contributed by atoms with van der Waals surface area (Å²) >= 11 is 2.18. The van der Waals surface area contributed by atoms with Crippen molar-refractivity contribution in [1.29, 1.82) is 0 Å². The first kappa shape index (κ1) is 17.3. The number of halogens is 1. The second-order valence-electron chi connectivity index (χ2n) is 5.67. The second-order valence-corrected chi connectivity index (χ2v) is 6.84. The van der Waals surface area contributed by atoms with Gasteiger partial charge in [-0.25, -0.2) is 0 Å². The van der Waals surface area contributed by atoms with Crippen LogP contribution in [0.15, 0.2) is 12.1 Å². The number of amides is 1. The summed E-state index contributed by atoms with van der Waals surface area (Å²) in [6, 6.07) is 4.19. The molecule has 1 fully saturated rings. The van der Waals surface area contributed by atoms with E-state index in [2.05, 4.69) is 41.6 Å². The summed E-state index contributed by atoms with van der Waals surface area (Å²) < 4.78 is 11.5. The van der Waals surface area contributed by atoms with Crippen molar-refractivity contribution in [2.24, 2.45) is 0 Å². The van der Waals surface area contributed by atoms with E-state index in [0.717, 1.165) is 29.5 Å². The minimum absolute atomic E-state index is 0.0718. The Bertz CT molecular complexity index is 540. The molecule has 122 valence electrons. The summed E-state index contributed by atoms with van der Waals surface area (Å²) in [5.41, 5.74) is 0.682. The van der Waals surface area contributed by atoms with E-state index in [-0.39, 0.29) is 5.91 Å². The number of benzene rings is 1. The number of ether oxygens (including phenoxy) is 2. The number of carbonyl (C=O) groups is 1. The van der Waals surface area contributed by atoms with E-state index in [1.54, 1.807) is 20.3 Å². The molecule has 1 aliphatic heterocycles. The highest BCUT2D eigenvalue weighted by Crippen LogP contribution is 2.32. The Labute approximate surface area is 145 Å². The third-order valence-electron chi connectivity index (χ3n) is 4.19. The number of hydrogen-bond donors (Lipinski definition) is 0. The maximum atomic E-state index is 12.8. The van der Waals surface area contributed by atoms with Crippen molar-refractivity contribution in [3.63, 3.8) is 0 Å². The monoisotopic (exact) mass is 418 g/mol. The number of carbonyl (C=O) groups excluding carboxylic acids is 1. The van der Waals surface area contributed by atoms with E-state index in [1.807, 2.05) is 11.0 Å². The minimum atomic E-state index is 0.0718. The molecule has 1 saturated heterocycles. The van der Waals surface area contributed by atoms with E-state index in [0.29, 0.717) is 23.1 Å². The molecule has 2 rings (SSSR count). The van der Waals surface area contributed by atoms with Gasteiger partial charge in [-0.2, -0.15) is 0 Å². The predicted octanol–water partition coefficient (Wildman–Crippen LogP) is 2.47. The summed E-state index contributed by atoms with van der Waals surface area (Å²) in [6.07, 6.45) is 2.03. The van der Waals surface area contributed by atoms with Gasteiger partial charge in [0.25, 0.3) is 5.91 Å². The molecule has 22 heavy (non-hydrogen) atoms. The molecule has 1 amide bonds. The summed E-state index contributed by atoms with van der Waals surface area (Å²) in [5.74, 6) is 1.31. The minimum Gasteiger partial charge on any atom is -0.493 e. The Hall–Kier alpha value is -1.02. The Morgan fingerprint density at radius 3 is 2.23 bits per heavy atom. The standard InChI is InChI=1S/C16H23IN2O3/c1-18(2)11-5-7-19(8-6-11)16(20)12-9-14(21-3)15(22-4)10-13(12)17/h9-11H,5-8H2,1-4H3. The van der Waals surface area contributed by atoms with Crippen LogP contribution in [0.1, 0.15) is 23.2 Å². The van der Waals surface area contributed by atoms with Gasteiger partial charge < -0.3 is 19.3 Å². The number of piperidine rings is 1. The molecular weight excluding hydrogens is 395 g/mol. The molecule has 1 heterocycles. The van der Waals surface area contributed by atoms with Gasteiger partial charge in [-0.15, -0.1) is 0 Å². The first-order valence-corrected chi connectivity index (χ1v) is 8.43. The molecule has 1 aromatic rings. The Morgan fingerprint density at radius 1 is 1.18 bits per heavy atom. The molecule has 0 radical (unpaired) electrons. The highest BCUT2D eigenvalue weighted by molar-refractivity contribution is 14.1. The largest absolute Gasteiger partial charge is 0.493 e. The molecule has 0 bridgehead atoms. The van der Waals surface area contributed by atoms with E-state index in [1.165, 1.54) is 0 Å². The normalized spacial score (nSPS) is 16.0. The third-order valence-corrected chi connectivity index (χ3v) is 5.08. The zero-order valence-electron chi connectivity index (χ0n) is 13.6. The van der Waals surface area contributed by atoms with Crippen molar-refractivity contribution in [3.05, 3.63) is 21.3 Å². The van der Waals surface area contributed by atoms with Crippen molar-refractivity contribution < 1.29 is 14.3 Å². The fraction of sp³-hybridized carbons (Fsp3) is 0.562. The lowest BCUT2D eigenvalue weighted by Crippen LogP contribution is -2.44. The molecule has 0 saturated carbocycles. The fourth-order valence-corrected chi connectivity index (χ4v) is 3.44. The third kappa shape index (κ3) is 3.65. The predicted molar refractivity (Wildman–Crippen MR) is 94.9 cm³/mol. The van der Waals surface area contributed by atoms with Gasteiger partial charge in [0.1, 0.15) is 0 Å². The summed E-state index contributed by atoms with van der Waals surface area (Å²) in [4.78, 5) is 16.9. The Balaban J connectivity index is 2.16. The Kier molecular flexibility index (Phi) is 5.91. The molecule has 1 aromatic carbocycles. The lowest BCUT2D eigenvalue weighted by Gasteiger charge is -2.35. The highest BCUT2D eigenvalue weighted by Gasteiger charge is 2.26. The van der Waals surface area contributed by atoms with Crippen LogP contribution in [0.2, 0.25) is 0 Å². The van der Waals surface area contributed by atoms with Crippen molar-refractivity contribution in [2.45, 2.75) is 18.9 Å². The van der Waals surface area contributed by atoms with Gasteiger partial charge in [-0.05, 0) is 61.7 Å². The van der Waals surface area contributed by atoms with Crippen molar-refractivity contribution >= 4 is 28.5 Å². The molecular formula is C16H23IN2O3. The average molecular weight is 418 g/mol. The second kappa shape index (κ2) is 7.50. The summed E-state index contributed by atoms with van der Waals surface area (Å²) in [6.45, 7) is 1.60. The summed E-state index contributed by atoms with van der Waals surface area (Å²) in [7, 11) is 7.38. The van der Waals surface area contributed by atoms with E-state index >= 15 is 0 Å². The van der Waals surface area contributed by atoms with Crippen LogP contribution in [-0.4, -0.2) is 63.2 Å². The van der Waals surface area contributed by atoms with Crippen LogP contribution in [0.3, 0.4) is 0 Å². The molecule has 0 spiro atoms. The maximum Gasteiger partial charge on any atom is 0.255 e. The molecule has 6 heteroatoms. The smallest absolute Gasteiger partial charge is 0.255 e. The van der Waals surface area contributed by atoms with Crippen molar-refractivity contribution in [1.82, 2.24) is 9.80 Å². The first-order chi connectivity index (χ1) is 10.5. The molecule has 0 aromatic heterocycles. The van der Waals surface area contributed by atoms with Crippen molar-refractivity contribution in [2.75, 3.05) is 41.4 Å². The molecule has 1 aliphatic rings. The molecule has 0 unspecified atom stereocenters. The van der Waals surface area contributed by atoms with Crippen LogP contribution in [0.4, 0.5) is 0 Å². The number of rotatable bonds is 4. The number of likely N-dealkylation sites (tertiary alicyclic amines) is 1. The van der Waals surface area contributed by atoms with Gasteiger partial charge in [-0.1, -0.05) is 0 Å². The first-order valence-electron chi connectivity index (χ1n) is 7.35. The summed E-state index contributed by atoms with van der Waals surface area (Å²) in [5, 5.41) is 0. The SMILES string of the molecule is COc1cc(I)c(C(=O)N2CCC(N(C)C)CC2)cc1OC. The van der Waals surface area contributed by atoms with Crippen LogP contribution in [0.5, 0.6) is 11.5 Å². The fourth-order valence-electron chi connectivity index (χ4n) is 2.77. The maximum absolute atomic E-state index is 12.8. The van der Waals surface area contributed by atoms with E-state index in [9.17, 15) is 4.79 Å². The van der Waals surface area contributed by atoms with Gasteiger partial charge in [-0.3, -0.25) is 4.79 Å². The average Bonchev–Trinajstić information content (AvgIpc) is 2.53. The Morgan fingerprint density at radius 2 is 1.73 bits per heavy atom. The van der Waals surface area contributed by atoms with Crippen LogP contribution < -0.4 is 9.47 Å². The van der Waals surface area contributed by atoms with Gasteiger partial charge in [0.05, 0.1) is 19.8 Å². The lowest BCUT2D eigenvalue weighted by molar-refractivity contribution is 0.0662. The van der Waals surface area contributed by atoms with Gasteiger partial charge in [0.2, 0.25) is 0 Å². The lowest BCUT2D eigenvalue weighted by atomic mass is 10.0. The van der Waals surface area contributed by atoms with Gasteiger partial charge in [0.15, 0.2) is 11.5 Å².